The molecule has 5 rings (SSSR count). The lowest BCUT2D eigenvalue weighted by atomic mass is 9.94. The molecule has 0 unspecified atom stereocenters. The van der Waals surface area contributed by atoms with Gasteiger partial charge >= 0.3 is 0 Å². The summed E-state index contributed by atoms with van der Waals surface area (Å²) >= 11 is 0. The maximum atomic E-state index is 15.7. The van der Waals surface area contributed by atoms with E-state index >= 15 is 8.78 Å². The average Bonchev–Trinajstić information content (AvgIpc) is 3.14. The highest BCUT2D eigenvalue weighted by Gasteiger charge is 2.40. The number of halogens is 4. The van der Waals surface area contributed by atoms with Crippen LogP contribution in [0.15, 0.2) is 42.5 Å². The molecule has 1 fully saturated rings. The van der Waals surface area contributed by atoms with Gasteiger partial charge in [-0.1, -0.05) is 18.2 Å². The minimum absolute atomic E-state index is 0.0516. The predicted molar refractivity (Wildman–Crippen MR) is 136 cm³/mol. The fraction of sp³-hybridized carbons (Fsp3) is 0.500. The van der Waals surface area contributed by atoms with E-state index < -0.39 is 23.3 Å². The summed E-state index contributed by atoms with van der Waals surface area (Å²) in [6.45, 7) is 7.40. The highest BCUT2D eigenvalue weighted by molar-refractivity contribution is 5.82. The zero-order chi connectivity index (χ0) is 25.6. The van der Waals surface area contributed by atoms with Crippen LogP contribution in [0, 0.1) is 11.6 Å². The summed E-state index contributed by atoms with van der Waals surface area (Å²) in [5, 5.41) is 4.19. The van der Waals surface area contributed by atoms with Gasteiger partial charge in [0.25, 0.3) is 0 Å². The van der Waals surface area contributed by atoms with Gasteiger partial charge in [0.1, 0.15) is 17.3 Å². The number of hydrogen-bond acceptors (Lipinski definition) is 3. The lowest BCUT2D eigenvalue weighted by Crippen LogP contribution is -2.54. The van der Waals surface area contributed by atoms with Crippen molar-refractivity contribution in [3.8, 4) is 0 Å². The predicted octanol–water partition coefficient (Wildman–Crippen LogP) is 5.92. The largest absolute Gasteiger partial charge is 0.380 e. The van der Waals surface area contributed by atoms with Gasteiger partial charge in [-0.3, -0.25) is 14.2 Å². The van der Waals surface area contributed by atoms with Crippen molar-refractivity contribution in [2.45, 2.75) is 57.5 Å². The normalized spacial score (nSPS) is 21.5. The molecule has 0 aliphatic carbocycles. The summed E-state index contributed by atoms with van der Waals surface area (Å²) < 4.78 is 60.9. The Kier molecular flexibility index (Phi) is 6.76. The van der Waals surface area contributed by atoms with Crippen LogP contribution in [0.3, 0.4) is 0 Å². The monoisotopic (exact) mass is 502 g/mol. The van der Waals surface area contributed by atoms with Gasteiger partial charge in [-0.05, 0) is 56.8 Å². The topological polar surface area (TPSA) is 23.4 Å². The third-order valence-corrected chi connectivity index (χ3v) is 7.31. The Morgan fingerprint density at radius 1 is 1.03 bits per heavy atom. The van der Waals surface area contributed by atoms with Crippen molar-refractivity contribution < 1.29 is 17.6 Å². The molecule has 2 aliphatic heterocycles. The number of hydrogen-bond donors (Lipinski definition) is 1. The van der Waals surface area contributed by atoms with Gasteiger partial charge in [-0.2, -0.15) is 0 Å². The maximum absolute atomic E-state index is 15.7. The molecular formula is C28H34F4N4. The minimum atomic E-state index is -1.53. The van der Waals surface area contributed by atoms with E-state index in [0.29, 0.717) is 38.3 Å². The maximum Gasteiger partial charge on any atom is 0.133 e. The van der Waals surface area contributed by atoms with Crippen LogP contribution in [-0.2, 0) is 6.54 Å². The molecule has 0 bridgehead atoms. The number of anilines is 1. The number of nitrogens with one attached hydrogen (secondary N) is 1. The van der Waals surface area contributed by atoms with Gasteiger partial charge in [0.15, 0.2) is 0 Å². The van der Waals surface area contributed by atoms with Crippen LogP contribution in [-0.4, -0.2) is 65.0 Å². The Morgan fingerprint density at radius 2 is 1.72 bits per heavy atom. The Labute approximate surface area is 209 Å². The molecule has 1 aromatic heterocycles. The molecule has 2 atom stereocenters. The van der Waals surface area contributed by atoms with E-state index in [1.807, 2.05) is 42.2 Å². The number of para-hydroxylation sites is 1. The van der Waals surface area contributed by atoms with Gasteiger partial charge in [-0.25, -0.2) is 13.2 Å². The van der Waals surface area contributed by atoms with E-state index in [1.54, 1.807) is 0 Å². The Hall–Kier alpha value is -2.58. The third kappa shape index (κ3) is 4.85. The first-order chi connectivity index (χ1) is 17.1. The Balaban J connectivity index is 1.50. The Bertz CT molecular complexity index is 1200. The summed E-state index contributed by atoms with van der Waals surface area (Å²) in [7, 11) is 0. The molecule has 2 aliphatic rings. The van der Waals surface area contributed by atoms with E-state index in [4.69, 9.17) is 0 Å². The van der Waals surface area contributed by atoms with E-state index in [2.05, 4.69) is 14.8 Å². The lowest BCUT2D eigenvalue weighted by molar-refractivity contribution is 0.0507. The SMILES string of the molecule is C[C@@H]1Cn2c(cc3ccccc32)[C@@H](c2c(F)cc(NC3CN(CCCF)C3)cc2F)N1CC(C)(C)F. The van der Waals surface area contributed by atoms with Crippen molar-refractivity contribution in [3.05, 3.63) is 65.4 Å². The molecular weight excluding hydrogens is 468 g/mol. The van der Waals surface area contributed by atoms with Gasteiger partial charge in [-0.15, -0.1) is 0 Å². The molecule has 36 heavy (non-hydrogen) atoms. The zero-order valence-electron chi connectivity index (χ0n) is 21.1. The molecule has 3 aromatic rings. The van der Waals surface area contributed by atoms with Crippen LogP contribution in [0.5, 0.6) is 0 Å². The van der Waals surface area contributed by atoms with Gasteiger partial charge < -0.3 is 9.88 Å². The first-order valence-corrected chi connectivity index (χ1v) is 12.7. The van der Waals surface area contributed by atoms with Crippen molar-refractivity contribution in [1.29, 1.82) is 0 Å². The summed E-state index contributed by atoms with van der Waals surface area (Å²) in [6, 6.07) is 11.7. The average molecular weight is 503 g/mol. The van der Waals surface area contributed by atoms with E-state index in [0.717, 1.165) is 16.6 Å². The summed E-state index contributed by atoms with van der Waals surface area (Å²) in [5.41, 5.74) is 0.557. The van der Waals surface area contributed by atoms with E-state index in [-0.39, 0.29) is 30.9 Å². The molecule has 0 saturated carbocycles. The molecule has 2 aromatic carbocycles. The molecule has 0 amide bonds. The quantitative estimate of drug-likeness (QED) is 0.387. The van der Waals surface area contributed by atoms with Crippen LogP contribution in [0.4, 0.5) is 23.2 Å². The van der Waals surface area contributed by atoms with Crippen molar-refractivity contribution in [2.75, 3.05) is 38.2 Å². The number of aromatic nitrogens is 1. The third-order valence-electron chi connectivity index (χ3n) is 7.31. The highest BCUT2D eigenvalue weighted by Crippen LogP contribution is 2.42. The fourth-order valence-electron chi connectivity index (χ4n) is 5.74. The second kappa shape index (κ2) is 9.71. The van der Waals surface area contributed by atoms with Crippen molar-refractivity contribution in [1.82, 2.24) is 14.4 Å². The van der Waals surface area contributed by atoms with Crippen molar-refractivity contribution >= 4 is 16.6 Å². The van der Waals surface area contributed by atoms with Crippen molar-refractivity contribution in [3.63, 3.8) is 0 Å². The summed E-state index contributed by atoms with van der Waals surface area (Å²) in [6.07, 6.45) is 0.493. The summed E-state index contributed by atoms with van der Waals surface area (Å²) in [5.74, 6) is -1.30. The molecule has 0 spiro atoms. The first kappa shape index (κ1) is 25.1. The Morgan fingerprint density at radius 3 is 2.39 bits per heavy atom. The molecule has 1 saturated heterocycles. The fourth-order valence-corrected chi connectivity index (χ4v) is 5.74. The number of benzene rings is 2. The number of nitrogens with zero attached hydrogens (tertiary/aromatic N) is 3. The van der Waals surface area contributed by atoms with Crippen LogP contribution >= 0.6 is 0 Å². The molecule has 0 radical (unpaired) electrons. The van der Waals surface area contributed by atoms with E-state index in [1.165, 1.54) is 26.0 Å². The second-order valence-electron chi connectivity index (χ2n) is 10.9. The van der Waals surface area contributed by atoms with Crippen LogP contribution in [0.25, 0.3) is 10.9 Å². The second-order valence-corrected chi connectivity index (χ2v) is 10.9. The molecule has 3 heterocycles. The van der Waals surface area contributed by atoms with Crippen LogP contribution < -0.4 is 5.32 Å². The van der Waals surface area contributed by atoms with Crippen LogP contribution in [0.2, 0.25) is 0 Å². The smallest absolute Gasteiger partial charge is 0.133 e. The van der Waals surface area contributed by atoms with E-state index in [9.17, 15) is 8.78 Å². The molecule has 8 heteroatoms. The van der Waals surface area contributed by atoms with Crippen LogP contribution in [0.1, 0.15) is 44.5 Å². The minimum Gasteiger partial charge on any atom is -0.380 e. The van der Waals surface area contributed by atoms with Crippen molar-refractivity contribution in [2.24, 2.45) is 0 Å². The number of likely N-dealkylation sites (tertiary alicyclic amines) is 1. The molecule has 194 valence electrons. The first-order valence-electron chi connectivity index (χ1n) is 12.7. The van der Waals surface area contributed by atoms with Gasteiger partial charge in [0.2, 0.25) is 0 Å². The molecule has 4 nitrogen and oxygen atoms in total. The number of alkyl halides is 2. The number of fused-ring (bicyclic) bond motifs is 3. The van der Waals surface area contributed by atoms with Gasteiger partial charge in [0, 0.05) is 61.2 Å². The molecule has 1 N–H and O–H groups in total. The highest BCUT2D eigenvalue weighted by atomic mass is 19.1. The lowest BCUT2D eigenvalue weighted by Gasteiger charge is -2.44. The standard InChI is InChI=1S/C28H34F4N4/c1-18-14-35-24-8-5-4-7-19(24)11-25(35)27(36(18)17-28(2,3)32)26-22(30)12-20(13-23(26)31)33-21-15-34(16-21)10-6-9-29/h4-5,7-8,11-13,18,21,27,33H,6,9-10,14-17H2,1-3H3/t18-,27+/m1/s1. The zero-order valence-corrected chi connectivity index (χ0v) is 21.1. The summed E-state index contributed by atoms with van der Waals surface area (Å²) in [4.78, 5) is 3.99. The number of rotatable bonds is 8. The van der Waals surface area contributed by atoms with Gasteiger partial charge in [0.05, 0.1) is 18.8 Å².